The summed E-state index contributed by atoms with van der Waals surface area (Å²) in [6, 6.07) is 4.98. The van der Waals surface area contributed by atoms with Crippen LogP contribution in [0.1, 0.15) is 25.0 Å². The first-order chi connectivity index (χ1) is 9.79. The highest BCUT2D eigenvalue weighted by Gasteiger charge is 2.31. The third-order valence-electron chi connectivity index (χ3n) is 3.75. The van der Waals surface area contributed by atoms with Crippen molar-refractivity contribution in [3.8, 4) is 0 Å². The second-order valence-electron chi connectivity index (χ2n) is 5.53. The van der Waals surface area contributed by atoms with Crippen LogP contribution in [0.5, 0.6) is 0 Å². The average molecular weight is 300 g/mol. The number of carbonyl (C=O) groups excluding carboxylic acids is 1. The molecule has 0 saturated carbocycles. The van der Waals surface area contributed by atoms with E-state index < -0.39 is 11.7 Å². The van der Waals surface area contributed by atoms with Crippen LogP contribution in [0.3, 0.4) is 0 Å². The van der Waals surface area contributed by atoms with Crippen molar-refractivity contribution in [2.45, 2.75) is 38.5 Å². The van der Waals surface area contributed by atoms with Crippen LogP contribution in [0.25, 0.3) is 0 Å². The maximum Gasteiger partial charge on any atom is 0.416 e. The smallest absolute Gasteiger partial charge is 0.334 e. The molecule has 1 N–H and O–H groups in total. The maximum atomic E-state index is 12.5. The van der Waals surface area contributed by atoms with Crippen molar-refractivity contribution in [3.05, 3.63) is 35.4 Å². The molecule has 1 amide bonds. The number of hydrogen-bond acceptors (Lipinski definition) is 2. The minimum atomic E-state index is -4.34. The van der Waals surface area contributed by atoms with Crippen molar-refractivity contribution in [3.63, 3.8) is 0 Å². The maximum absolute atomic E-state index is 12.5. The molecule has 1 aromatic rings. The highest BCUT2D eigenvalue weighted by atomic mass is 19.4. The zero-order valence-corrected chi connectivity index (χ0v) is 12.1. The van der Waals surface area contributed by atoms with E-state index in [2.05, 4.69) is 5.32 Å². The summed E-state index contributed by atoms with van der Waals surface area (Å²) < 4.78 is 37.5. The first-order valence-electron chi connectivity index (χ1n) is 6.97. The number of nitrogens with one attached hydrogen (secondary N) is 1. The molecule has 1 aliphatic heterocycles. The third kappa shape index (κ3) is 3.75. The Kier molecular flexibility index (Phi) is 4.56. The summed E-state index contributed by atoms with van der Waals surface area (Å²) in [6.45, 7) is 5.41. The number of alkyl halides is 3. The van der Waals surface area contributed by atoms with Gasteiger partial charge in [-0.15, -0.1) is 0 Å². The Morgan fingerprint density at radius 2 is 1.71 bits per heavy atom. The number of rotatable bonds is 2. The van der Waals surface area contributed by atoms with Crippen LogP contribution < -0.4 is 5.32 Å². The van der Waals surface area contributed by atoms with Crippen LogP contribution in [0.2, 0.25) is 0 Å². The van der Waals surface area contributed by atoms with Crippen molar-refractivity contribution in [2.24, 2.45) is 0 Å². The number of benzene rings is 1. The fourth-order valence-electron chi connectivity index (χ4n) is 2.70. The van der Waals surface area contributed by atoms with Gasteiger partial charge in [-0.05, 0) is 31.5 Å². The first kappa shape index (κ1) is 15.8. The topological polar surface area (TPSA) is 32.3 Å². The average Bonchev–Trinajstić information content (AvgIpc) is 2.38. The predicted octanol–water partition coefficient (Wildman–Crippen LogP) is 2.46. The zero-order chi connectivity index (χ0) is 15.6. The van der Waals surface area contributed by atoms with E-state index in [4.69, 9.17) is 0 Å². The summed E-state index contributed by atoms with van der Waals surface area (Å²) in [6.07, 6.45) is -4.21. The van der Waals surface area contributed by atoms with Gasteiger partial charge in [0.15, 0.2) is 0 Å². The Morgan fingerprint density at radius 3 is 2.19 bits per heavy atom. The van der Waals surface area contributed by atoms with Gasteiger partial charge < -0.3 is 10.2 Å². The van der Waals surface area contributed by atoms with Gasteiger partial charge in [0.1, 0.15) is 0 Å². The number of nitrogens with zero attached hydrogens (tertiary/aromatic N) is 1. The quantitative estimate of drug-likeness (QED) is 0.910. The Morgan fingerprint density at radius 1 is 1.19 bits per heavy atom. The van der Waals surface area contributed by atoms with Crippen LogP contribution in [-0.2, 0) is 17.4 Å². The normalized spacial score (nSPS) is 23.2. The predicted molar refractivity (Wildman–Crippen MR) is 73.8 cm³/mol. The molecule has 21 heavy (non-hydrogen) atoms. The van der Waals surface area contributed by atoms with Crippen LogP contribution in [0.15, 0.2) is 24.3 Å². The minimum Gasteiger partial charge on any atom is -0.334 e. The van der Waals surface area contributed by atoms with Crippen molar-refractivity contribution >= 4 is 5.91 Å². The van der Waals surface area contributed by atoms with E-state index in [-0.39, 0.29) is 24.4 Å². The van der Waals surface area contributed by atoms with Crippen molar-refractivity contribution in [2.75, 3.05) is 13.1 Å². The lowest BCUT2D eigenvalue weighted by Gasteiger charge is -2.39. The van der Waals surface area contributed by atoms with Gasteiger partial charge in [0.2, 0.25) is 5.91 Å². The molecule has 2 unspecified atom stereocenters. The molecule has 1 heterocycles. The van der Waals surface area contributed by atoms with Crippen LogP contribution in [0, 0.1) is 0 Å². The molecule has 0 aliphatic carbocycles. The second-order valence-corrected chi connectivity index (χ2v) is 5.53. The highest BCUT2D eigenvalue weighted by Crippen LogP contribution is 2.29. The van der Waals surface area contributed by atoms with Crippen LogP contribution >= 0.6 is 0 Å². The SMILES string of the molecule is CC1CNCC(C)N1C(=O)Cc1ccc(C(F)(F)F)cc1. The molecule has 1 fully saturated rings. The molecule has 1 aromatic carbocycles. The van der Waals surface area contributed by atoms with E-state index in [9.17, 15) is 18.0 Å². The summed E-state index contributed by atoms with van der Waals surface area (Å²) in [7, 11) is 0. The number of amides is 1. The molecule has 116 valence electrons. The molecular formula is C15H19F3N2O. The highest BCUT2D eigenvalue weighted by molar-refractivity contribution is 5.79. The van der Waals surface area contributed by atoms with Crippen molar-refractivity contribution < 1.29 is 18.0 Å². The minimum absolute atomic E-state index is 0.0451. The van der Waals surface area contributed by atoms with Gasteiger partial charge >= 0.3 is 6.18 Å². The summed E-state index contributed by atoms with van der Waals surface area (Å²) in [5.41, 5.74) is -0.0893. The molecule has 0 aromatic heterocycles. The number of halogens is 3. The van der Waals surface area contributed by atoms with E-state index >= 15 is 0 Å². The lowest BCUT2D eigenvalue weighted by Crippen LogP contribution is -2.57. The molecule has 1 aliphatic rings. The number of hydrogen-bond donors (Lipinski definition) is 1. The molecular weight excluding hydrogens is 281 g/mol. The van der Waals surface area contributed by atoms with Crippen LogP contribution in [-0.4, -0.2) is 36.0 Å². The van der Waals surface area contributed by atoms with Gasteiger partial charge in [-0.1, -0.05) is 12.1 Å². The van der Waals surface area contributed by atoms with E-state index in [0.29, 0.717) is 5.56 Å². The van der Waals surface area contributed by atoms with Gasteiger partial charge in [0.05, 0.1) is 12.0 Å². The van der Waals surface area contributed by atoms with Gasteiger partial charge in [-0.3, -0.25) is 4.79 Å². The van der Waals surface area contributed by atoms with E-state index in [1.165, 1.54) is 12.1 Å². The van der Waals surface area contributed by atoms with E-state index in [1.807, 2.05) is 18.7 Å². The van der Waals surface area contributed by atoms with Gasteiger partial charge in [0.25, 0.3) is 0 Å². The molecule has 0 radical (unpaired) electrons. The van der Waals surface area contributed by atoms with Crippen molar-refractivity contribution in [1.82, 2.24) is 10.2 Å². The molecule has 0 spiro atoms. The largest absolute Gasteiger partial charge is 0.416 e. The third-order valence-corrected chi connectivity index (χ3v) is 3.75. The Bertz CT molecular complexity index is 489. The molecule has 2 rings (SSSR count). The lowest BCUT2D eigenvalue weighted by molar-refractivity contribution is -0.137. The summed E-state index contributed by atoms with van der Waals surface area (Å²) in [5, 5.41) is 3.24. The lowest BCUT2D eigenvalue weighted by atomic mass is 10.0. The van der Waals surface area contributed by atoms with Crippen molar-refractivity contribution in [1.29, 1.82) is 0 Å². The fraction of sp³-hybridized carbons (Fsp3) is 0.533. The summed E-state index contributed by atoms with van der Waals surface area (Å²) in [4.78, 5) is 14.2. The fourth-order valence-corrected chi connectivity index (χ4v) is 2.70. The van der Waals surface area contributed by atoms with Gasteiger partial charge in [-0.2, -0.15) is 13.2 Å². The molecule has 0 bridgehead atoms. The Labute approximate surface area is 122 Å². The number of carbonyl (C=O) groups is 1. The Balaban J connectivity index is 2.05. The van der Waals surface area contributed by atoms with Gasteiger partial charge in [-0.25, -0.2) is 0 Å². The zero-order valence-electron chi connectivity index (χ0n) is 12.1. The standard InChI is InChI=1S/C15H19F3N2O/c1-10-8-19-9-11(2)20(10)14(21)7-12-3-5-13(6-4-12)15(16,17)18/h3-6,10-11,19H,7-9H2,1-2H3. The Hall–Kier alpha value is -1.56. The van der Waals surface area contributed by atoms with Gasteiger partial charge in [0, 0.05) is 25.2 Å². The summed E-state index contributed by atoms with van der Waals surface area (Å²) in [5.74, 6) is -0.0451. The first-order valence-corrected chi connectivity index (χ1v) is 6.97. The molecule has 2 atom stereocenters. The number of piperazine rings is 1. The molecule has 6 heteroatoms. The summed E-state index contributed by atoms with van der Waals surface area (Å²) >= 11 is 0. The monoisotopic (exact) mass is 300 g/mol. The van der Waals surface area contributed by atoms with E-state index in [1.54, 1.807) is 0 Å². The second kappa shape index (κ2) is 6.05. The van der Waals surface area contributed by atoms with Crippen LogP contribution in [0.4, 0.5) is 13.2 Å². The molecule has 1 saturated heterocycles. The molecule has 3 nitrogen and oxygen atoms in total. The van der Waals surface area contributed by atoms with E-state index in [0.717, 1.165) is 25.2 Å².